The fourth-order valence-electron chi connectivity index (χ4n) is 1.52. The first-order chi connectivity index (χ1) is 6.27. The van der Waals surface area contributed by atoms with Gasteiger partial charge in [0.05, 0.1) is 13.2 Å². The molecule has 2 N–H and O–H groups in total. The van der Waals surface area contributed by atoms with Gasteiger partial charge in [0.1, 0.15) is 0 Å². The largest absolute Gasteiger partial charge is 0.380 e. The number of ether oxygens (including phenoxy) is 1. The summed E-state index contributed by atoms with van der Waals surface area (Å²) < 4.78 is 5.16. The van der Waals surface area contributed by atoms with E-state index in [1.807, 2.05) is 6.92 Å². The van der Waals surface area contributed by atoms with Gasteiger partial charge in [-0.1, -0.05) is 24.3 Å². The number of nitrogens with two attached hydrogens (primary N) is 1. The molecule has 1 aromatic carbocycles. The van der Waals surface area contributed by atoms with Crippen LogP contribution in [0.15, 0.2) is 24.3 Å². The highest BCUT2D eigenvalue weighted by atomic mass is 16.5. The first-order valence-electron chi connectivity index (χ1n) is 4.70. The summed E-state index contributed by atoms with van der Waals surface area (Å²) in [7, 11) is 0. The topological polar surface area (TPSA) is 35.2 Å². The van der Waals surface area contributed by atoms with Gasteiger partial charge in [0.2, 0.25) is 0 Å². The van der Waals surface area contributed by atoms with Gasteiger partial charge in [-0.15, -0.1) is 0 Å². The molecule has 0 radical (unpaired) electrons. The van der Waals surface area contributed by atoms with Crippen molar-refractivity contribution in [3.05, 3.63) is 35.4 Å². The molecule has 1 atom stereocenters. The van der Waals surface area contributed by atoms with Crippen molar-refractivity contribution in [2.75, 3.05) is 13.2 Å². The van der Waals surface area contributed by atoms with E-state index in [4.69, 9.17) is 10.5 Å². The zero-order valence-electron chi connectivity index (χ0n) is 7.86. The molecule has 70 valence electrons. The van der Waals surface area contributed by atoms with E-state index < -0.39 is 0 Å². The maximum absolute atomic E-state index is 5.81. The van der Waals surface area contributed by atoms with E-state index in [0.717, 1.165) is 13.2 Å². The lowest BCUT2D eigenvalue weighted by atomic mass is 9.94. The lowest BCUT2D eigenvalue weighted by Gasteiger charge is -2.26. The predicted molar refractivity (Wildman–Crippen MR) is 52.6 cm³/mol. The highest BCUT2D eigenvalue weighted by Gasteiger charge is 2.20. The summed E-state index contributed by atoms with van der Waals surface area (Å²) in [6.07, 6.45) is 0. The molecule has 13 heavy (non-hydrogen) atoms. The molecule has 0 amide bonds. The summed E-state index contributed by atoms with van der Waals surface area (Å²) in [5.41, 5.74) is 8.39. The van der Waals surface area contributed by atoms with Gasteiger partial charge in [0, 0.05) is 12.0 Å². The van der Waals surface area contributed by atoms with E-state index >= 15 is 0 Å². The molecule has 2 rings (SSSR count). The minimum atomic E-state index is 0.126. The first kappa shape index (κ1) is 8.73. The van der Waals surface area contributed by atoms with Crippen LogP contribution in [0.2, 0.25) is 0 Å². The van der Waals surface area contributed by atoms with Crippen molar-refractivity contribution in [1.82, 2.24) is 0 Å². The van der Waals surface area contributed by atoms with E-state index in [1.165, 1.54) is 11.1 Å². The molecule has 1 aromatic rings. The first-order valence-corrected chi connectivity index (χ1v) is 4.70. The highest BCUT2D eigenvalue weighted by Crippen LogP contribution is 2.25. The Morgan fingerprint density at radius 2 is 2.23 bits per heavy atom. The van der Waals surface area contributed by atoms with Crippen molar-refractivity contribution < 1.29 is 4.74 Å². The van der Waals surface area contributed by atoms with Gasteiger partial charge < -0.3 is 10.5 Å². The van der Waals surface area contributed by atoms with Crippen molar-refractivity contribution in [2.45, 2.75) is 18.9 Å². The van der Waals surface area contributed by atoms with Crippen LogP contribution in [-0.2, 0) is 4.74 Å². The molecule has 0 aromatic heterocycles. The number of benzene rings is 1. The molecule has 1 aliphatic rings. The van der Waals surface area contributed by atoms with Crippen molar-refractivity contribution in [3.8, 4) is 0 Å². The van der Waals surface area contributed by atoms with Gasteiger partial charge in [0.15, 0.2) is 0 Å². The van der Waals surface area contributed by atoms with Gasteiger partial charge in [0.25, 0.3) is 0 Å². The van der Waals surface area contributed by atoms with Crippen molar-refractivity contribution >= 4 is 0 Å². The van der Waals surface area contributed by atoms with E-state index in [0.29, 0.717) is 5.92 Å². The van der Waals surface area contributed by atoms with Crippen LogP contribution in [0.25, 0.3) is 0 Å². The van der Waals surface area contributed by atoms with Crippen LogP contribution in [0.3, 0.4) is 0 Å². The maximum Gasteiger partial charge on any atom is 0.0557 e. The molecule has 1 heterocycles. The Balaban J connectivity index is 2.21. The third-order valence-corrected chi connectivity index (χ3v) is 2.55. The standard InChI is InChI=1S/C11H15NO/c1-8(12)9-3-2-4-10(5-9)11-6-13-7-11/h2-5,8,11H,6-7,12H2,1H3. The Morgan fingerprint density at radius 3 is 2.77 bits per heavy atom. The summed E-state index contributed by atoms with van der Waals surface area (Å²) in [6.45, 7) is 3.74. The Labute approximate surface area is 78.7 Å². The number of hydrogen-bond acceptors (Lipinski definition) is 2. The fraction of sp³-hybridized carbons (Fsp3) is 0.455. The second kappa shape index (κ2) is 3.48. The van der Waals surface area contributed by atoms with Crippen LogP contribution in [0.4, 0.5) is 0 Å². The molecule has 0 saturated carbocycles. The highest BCUT2D eigenvalue weighted by molar-refractivity contribution is 5.29. The van der Waals surface area contributed by atoms with Crippen molar-refractivity contribution in [3.63, 3.8) is 0 Å². The minimum Gasteiger partial charge on any atom is -0.380 e. The molecular formula is C11H15NO. The molecule has 1 fully saturated rings. The van der Waals surface area contributed by atoms with Gasteiger partial charge in [-0.05, 0) is 18.1 Å². The van der Waals surface area contributed by atoms with Crippen molar-refractivity contribution in [2.24, 2.45) is 5.73 Å². The van der Waals surface area contributed by atoms with E-state index in [1.54, 1.807) is 0 Å². The average Bonchev–Trinajstić information content (AvgIpc) is 2.01. The zero-order valence-corrected chi connectivity index (χ0v) is 7.86. The Hall–Kier alpha value is -0.860. The van der Waals surface area contributed by atoms with Crippen LogP contribution < -0.4 is 5.73 Å². The maximum atomic E-state index is 5.81. The van der Waals surface area contributed by atoms with Crippen LogP contribution in [0.5, 0.6) is 0 Å². The monoisotopic (exact) mass is 177 g/mol. The average molecular weight is 177 g/mol. The Kier molecular flexibility index (Phi) is 2.34. The normalized spacial score (nSPS) is 19.5. The summed E-state index contributed by atoms with van der Waals surface area (Å²) in [5.74, 6) is 0.596. The van der Waals surface area contributed by atoms with E-state index in [2.05, 4.69) is 24.3 Å². The fourth-order valence-corrected chi connectivity index (χ4v) is 1.52. The second-order valence-corrected chi connectivity index (χ2v) is 3.69. The van der Waals surface area contributed by atoms with Gasteiger partial charge in [-0.25, -0.2) is 0 Å². The number of rotatable bonds is 2. The molecule has 2 heteroatoms. The molecular weight excluding hydrogens is 162 g/mol. The Bertz CT molecular complexity index is 292. The third kappa shape index (κ3) is 1.74. The van der Waals surface area contributed by atoms with Gasteiger partial charge in [-0.2, -0.15) is 0 Å². The summed E-state index contributed by atoms with van der Waals surface area (Å²) in [4.78, 5) is 0. The molecule has 0 bridgehead atoms. The van der Waals surface area contributed by atoms with Crippen molar-refractivity contribution in [1.29, 1.82) is 0 Å². The third-order valence-electron chi connectivity index (χ3n) is 2.55. The lowest BCUT2D eigenvalue weighted by Crippen LogP contribution is -2.25. The molecule has 0 aliphatic carbocycles. The molecule has 1 unspecified atom stereocenters. The van der Waals surface area contributed by atoms with E-state index in [-0.39, 0.29) is 6.04 Å². The Morgan fingerprint density at radius 1 is 1.46 bits per heavy atom. The summed E-state index contributed by atoms with van der Waals surface area (Å²) >= 11 is 0. The van der Waals surface area contributed by atoms with Gasteiger partial charge >= 0.3 is 0 Å². The molecule has 0 spiro atoms. The van der Waals surface area contributed by atoms with Crippen LogP contribution in [0, 0.1) is 0 Å². The SMILES string of the molecule is CC(N)c1cccc(C2COC2)c1. The minimum absolute atomic E-state index is 0.126. The van der Waals surface area contributed by atoms with E-state index in [9.17, 15) is 0 Å². The van der Waals surface area contributed by atoms with Gasteiger partial charge in [-0.3, -0.25) is 0 Å². The molecule has 1 saturated heterocycles. The summed E-state index contributed by atoms with van der Waals surface area (Å²) in [5, 5.41) is 0. The zero-order chi connectivity index (χ0) is 9.26. The summed E-state index contributed by atoms with van der Waals surface area (Å²) in [6, 6.07) is 8.62. The smallest absolute Gasteiger partial charge is 0.0557 e. The van der Waals surface area contributed by atoms with Crippen LogP contribution in [0.1, 0.15) is 30.0 Å². The second-order valence-electron chi connectivity index (χ2n) is 3.69. The number of hydrogen-bond donors (Lipinski definition) is 1. The molecule has 2 nitrogen and oxygen atoms in total. The predicted octanol–water partition coefficient (Wildman–Crippen LogP) is 1.82. The van der Waals surface area contributed by atoms with Crippen LogP contribution in [-0.4, -0.2) is 13.2 Å². The quantitative estimate of drug-likeness (QED) is 0.747. The lowest BCUT2D eigenvalue weighted by molar-refractivity contribution is 0.00839. The van der Waals surface area contributed by atoms with Crippen LogP contribution >= 0.6 is 0 Å². The molecule has 1 aliphatic heterocycles.